The molecule has 0 saturated carbocycles. The van der Waals surface area contributed by atoms with Crippen molar-refractivity contribution in [3.63, 3.8) is 0 Å². The number of aliphatic hydroxyl groups is 1. The molecule has 1 heterocycles. The van der Waals surface area contributed by atoms with Gasteiger partial charge in [-0.25, -0.2) is 4.79 Å². The van der Waals surface area contributed by atoms with E-state index < -0.39 is 6.09 Å². The zero-order valence-electron chi connectivity index (χ0n) is 9.63. The SMILES string of the molecule is COc1ccccc1CN1C(=O)OCC1CO. The smallest absolute Gasteiger partial charge is 0.410 e. The number of carbonyl (C=O) groups excluding carboxylic acids is 1. The predicted molar refractivity (Wildman–Crippen MR) is 60.8 cm³/mol. The van der Waals surface area contributed by atoms with Gasteiger partial charge in [-0.15, -0.1) is 0 Å². The van der Waals surface area contributed by atoms with Crippen LogP contribution in [0.5, 0.6) is 5.75 Å². The Morgan fingerprint density at radius 1 is 1.53 bits per heavy atom. The number of benzene rings is 1. The van der Waals surface area contributed by atoms with E-state index in [1.165, 1.54) is 4.90 Å². The summed E-state index contributed by atoms with van der Waals surface area (Å²) in [4.78, 5) is 13.0. The van der Waals surface area contributed by atoms with Crippen molar-refractivity contribution >= 4 is 6.09 Å². The number of methoxy groups -OCH3 is 1. The van der Waals surface area contributed by atoms with Gasteiger partial charge in [0.25, 0.3) is 0 Å². The van der Waals surface area contributed by atoms with Crippen LogP contribution < -0.4 is 4.74 Å². The molecule has 1 atom stereocenters. The molecule has 17 heavy (non-hydrogen) atoms. The minimum atomic E-state index is -0.394. The molecule has 0 spiro atoms. The topological polar surface area (TPSA) is 59.0 Å². The van der Waals surface area contributed by atoms with E-state index in [1.807, 2.05) is 24.3 Å². The van der Waals surface area contributed by atoms with Crippen LogP contribution in [-0.2, 0) is 11.3 Å². The van der Waals surface area contributed by atoms with Gasteiger partial charge in [0, 0.05) is 5.56 Å². The van der Waals surface area contributed by atoms with E-state index in [9.17, 15) is 4.79 Å². The second-order valence-corrected chi connectivity index (χ2v) is 3.85. The van der Waals surface area contributed by atoms with Gasteiger partial charge < -0.3 is 14.6 Å². The number of rotatable bonds is 4. The molecule has 0 bridgehead atoms. The van der Waals surface area contributed by atoms with Crippen LogP contribution in [-0.4, -0.2) is 42.5 Å². The number of hydrogen-bond donors (Lipinski definition) is 1. The lowest BCUT2D eigenvalue weighted by atomic mass is 10.1. The molecule has 92 valence electrons. The molecule has 1 unspecified atom stereocenters. The largest absolute Gasteiger partial charge is 0.496 e. The van der Waals surface area contributed by atoms with Crippen LogP contribution >= 0.6 is 0 Å². The number of hydrogen-bond acceptors (Lipinski definition) is 4. The molecule has 5 heteroatoms. The van der Waals surface area contributed by atoms with Crippen molar-refractivity contribution in [3.8, 4) is 5.75 Å². The summed E-state index contributed by atoms with van der Waals surface area (Å²) in [6.07, 6.45) is -0.394. The van der Waals surface area contributed by atoms with Crippen molar-refractivity contribution in [2.45, 2.75) is 12.6 Å². The summed E-state index contributed by atoms with van der Waals surface area (Å²) in [6, 6.07) is 7.21. The van der Waals surface area contributed by atoms with Crippen LogP contribution in [0, 0.1) is 0 Å². The van der Waals surface area contributed by atoms with E-state index in [1.54, 1.807) is 7.11 Å². The summed E-state index contributed by atoms with van der Waals surface area (Å²) in [5.74, 6) is 0.726. The van der Waals surface area contributed by atoms with Crippen LogP contribution in [0.25, 0.3) is 0 Å². The first kappa shape index (κ1) is 11.7. The van der Waals surface area contributed by atoms with Crippen molar-refractivity contribution in [1.29, 1.82) is 0 Å². The standard InChI is InChI=1S/C12H15NO4/c1-16-11-5-3-2-4-9(11)6-13-10(7-14)8-17-12(13)15/h2-5,10,14H,6-8H2,1H3. The lowest BCUT2D eigenvalue weighted by Crippen LogP contribution is -2.35. The first-order valence-electron chi connectivity index (χ1n) is 5.42. The van der Waals surface area contributed by atoms with E-state index in [2.05, 4.69) is 0 Å². The third-order valence-corrected chi connectivity index (χ3v) is 2.82. The van der Waals surface area contributed by atoms with Gasteiger partial charge in [0.15, 0.2) is 0 Å². The predicted octanol–water partition coefficient (Wildman–Crippen LogP) is 1.01. The van der Waals surface area contributed by atoms with E-state index in [0.29, 0.717) is 6.54 Å². The molecule has 5 nitrogen and oxygen atoms in total. The summed E-state index contributed by atoms with van der Waals surface area (Å²) in [7, 11) is 1.59. The highest BCUT2D eigenvalue weighted by atomic mass is 16.6. The Morgan fingerprint density at radius 3 is 3.00 bits per heavy atom. The fourth-order valence-electron chi connectivity index (χ4n) is 1.85. The normalized spacial score (nSPS) is 19.3. The Kier molecular flexibility index (Phi) is 3.49. The Labute approximate surface area is 99.6 Å². The van der Waals surface area contributed by atoms with Crippen LogP contribution in [0.15, 0.2) is 24.3 Å². The Bertz CT molecular complexity index is 407. The van der Waals surface area contributed by atoms with Crippen molar-refractivity contribution < 1.29 is 19.4 Å². The molecular formula is C12H15NO4. The second-order valence-electron chi connectivity index (χ2n) is 3.85. The summed E-state index contributed by atoms with van der Waals surface area (Å²) >= 11 is 0. The minimum Gasteiger partial charge on any atom is -0.496 e. The molecule has 1 aromatic carbocycles. The molecule has 1 aliphatic heterocycles. The van der Waals surface area contributed by atoms with Gasteiger partial charge in [-0.1, -0.05) is 18.2 Å². The summed E-state index contributed by atoms with van der Waals surface area (Å²) in [6.45, 7) is 0.527. The quantitative estimate of drug-likeness (QED) is 0.849. The van der Waals surface area contributed by atoms with Crippen LogP contribution in [0.2, 0.25) is 0 Å². The first-order valence-corrected chi connectivity index (χ1v) is 5.42. The van der Waals surface area contributed by atoms with E-state index >= 15 is 0 Å². The van der Waals surface area contributed by atoms with E-state index in [-0.39, 0.29) is 19.3 Å². The molecule has 1 aromatic rings. The molecular weight excluding hydrogens is 222 g/mol. The van der Waals surface area contributed by atoms with E-state index in [4.69, 9.17) is 14.6 Å². The lowest BCUT2D eigenvalue weighted by molar-refractivity contribution is 0.150. The number of cyclic esters (lactones) is 1. The molecule has 0 aromatic heterocycles. The number of para-hydroxylation sites is 1. The molecule has 1 fully saturated rings. The lowest BCUT2D eigenvalue weighted by Gasteiger charge is -2.20. The Hall–Kier alpha value is -1.75. The third-order valence-electron chi connectivity index (χ3n) is 2.82. The van der Waals surface area contributed by atoms with Gasteiger partial charge in [0.2, 0.25) is 0 Å². The van der Waals surface area contributed by atoms with Gasteiger partial charge >= 0.3 is 6.09 Å². The summed E-state index contributed by atoms with van der Waals surface area (Å²) in [5.41, 5.74) is 0.896. The van der Waals surface area contributed by atoms with Crippen molar-refractivity contribution in [1.82, 2.24) is 4.90 Å². The van der Waals surface area contributed by atoms with Crippen molar-refractivity contribution in [2.24, 2.45) is 0 Å². The fraction of sp³-hybridized carbons (Fsp3) is 0.417. The number of nitrogens with zero attached hydrogens (tertiary/aromatic N) is 1. The zero-order valence-corrected chi connectivity index (χ0v) is 9.63. The van der Waals surface area contributed by atoms with Crippen LogP contribution in [0.1, 0.15) is 5.56 Å². The van der Waals surface area contributed by atoms with Gasteiger partial charge in [-0.05, 0) is 6.07 Å². The highest BCUT2D eigenvalue weighted by molar-refractivity contribution is 5.70. The molecule has 0 aliphatic carbocycles. The average Bonchev–Trinajstić information content (AvgIpc) is 2.71. The molecule has 1 aliphatic rings. The van der Waals surface area contributed by atoms with Crippen molar-refractivity contribution in [3.05, 3.63) is 29.8 Å². The van der Waals surface area contributed by atoms with E-state index in [0.717, 1.165) is 11.3 Å². The second kappa shape index (κ2) is 5.05. The highest BCUT2D eigenvalue weighted by Gasteiger charge is 2.32. The molecule has 2 rings (SSSR count). The molecule has 1 amide bonds. The number of carbonyl (C=O) groups is 1. The maximum Gasteiger partial charge on any atom is 0.410 e. The first-order chi connectivity index (χ1) is 8.26. The van der Waals surface area contributed by atoms with Crippen LogP contribution in [0.3, 0.4) is 0 Å². The average molecular weight is 237 g/mol. The Morgan fingerprint density at radius 2 is 2.29 bits per heavy atom. The molecule has 1 N–H and O–H groups in total. The summed E-state index contributed by atoms with van der Waals surface area (Å²) in [5, 5.41) is 9.15. The summed E-state index contributed by atoms with van der Waals surface area (Å²) < 4.78 is 10.1. The van der Waals surface area contributed by atoms with Gasteiger partial charge in [-0.2, -0.15) is 0 Å². The third kappa shape index (κ3) is 2.34. The number of ether oxygens (including phenoxy) is 2. The molecule has 0 radical (unpaired) electrons. The number of amides is 1. The minimum absolute atomic E-state index is 0.0963. The van der Waals surface area contributed by atoms with Crippen molar-refractivity contribution in [2.75, 3.05) is 20.3 Å². The maximum absolute atomic E-state index is 11.5. The number of aliphatic hydroxyl groups excluding tert-OH is 1. The Balaban J connectivity index is 2.16. The molecule has 1 saturated heterocycles. The fourth-order valence-corrected chi connectivity index (χ4v) is 1.85. The van der Waals surface area contributed by atoms with Gasteiger partial charge in [0.1, 0.15) is 12.4 Å². The van der Waals surface area contributed by atoms with Crippen LogP contribution in [0.4, 0.5) is 4.79 Å². The monoisotopic (exact) mass is 237 g/mol. The highest BCUT2D eigenvalue weighted by Crippen LogP contribution is 2.22. The zero-order chi connectivity index (χ0) is 12.3. The van der Waals surface area contributed by atoms with Gasteiger partial charge in [-0.3, -0.25) is 4.90 Å². The van der Waals surface area contributed by atoms with Gasteiger partial charge in [0.05, 0.1) is 26.3 Å². The maximum atomic E-state index is 11.5.